The first kappa shape index (κ1) is 15.3. The Morgan fingerprint density at radius 3 is 2.38 bits per heavy atom. The summed E-state index contributed by atoms with van der Waals surface area (Å²) >= 11 is 0. The van der Waals surface area contributed by atoms with Crippen molar-refractivity contribution in [1.82, 2.24) is 4.68 Å². The van der Waals surface area contributed by atoms with E-state index in [1.54, 1.807) is 0 Å². The van der Waals surface area contributed by atoms with E-state index in [0.29, 0.717) is 12.6 Å². The maximum absolute atomic E-state index is 12.3. The van der Waals surface area contributed by atoms with Gasteiger partial charge in [-0.25, -0.2) is 0 Å². The second-order valence-electron chi connectivity index (χ2n) is 5.81. The number of hydrogen-bond donors (Lipinski definition) is 1. The molecule has 4 heteroatoms. The summed E-state index contributed by atoms with van der Waals surface area (Å²) in [6.45, 7) is 10.6. The van der Waals surface area contributed by atoms with E-state index in [2.05, 4.69) is 30.8 Å². The van der Waals surface area contributed by atoms with Gasteiger partial charge in [-0.15, -0.1) is 4.68 Å². The van der Waals surface area contributed by atoms with Crippen molar-refractivity contribution in [3.05, 3.63) is 47.3 Å². The van der Waals surface area contributed by atoms with Crippen molar-refractivity contribution >= 4 is 11.6 Å². The number of aryl methyl sites for hydroxylation is 3. The minimum atomic E-state index is -0.00241. The molecule has 0 aliphatic heterocycles. The van der Waals surface area contributed by atoms with Crippen molar-refractivity contribution in [2.24, 2.45) is 0 Å². The van der Waals surface area contributed by atoms with Gasteiger partial charge in [0, 0.05) is 11.8 Å². The minimum absolute atomic E-state index is 0.00241. The standard InChI is InChI=1S/C17H23N3O/c1-12(2)20-15(5)9-10-19(20)11-16(21)18-17-13(3)7-6-8-14(17)4/h6-10,12H,11H2,1-5H3/p+1. The van der Waals surface area contributed by atoms with E-state index < -0.39 is 0 Å². The lowest BCUT2D eigenvalue weighted by Gasteiger charge is -2.11. The second-order valence-corrected chi connectivity index (χ2v) is 5.81. The van der Waals surface area contributed by atoms with Crippen LogP contribution in [0.2, 0.25) is 0 Å². The molecule has 2 aromatic rings. The lowest BCUT2D eigenvalue weighted by Crippen LogP contribution is -2.48. The van der Waals surface area contributed by atoms with Crippen LogP contribution in [0.15, 0.2) is 30.5 Å². The Labute approximate surface area is 126 Å². The van der Waals surface area contributed by atoms with Gasteiger partial charge in [0.25, 0.3) is 5.91 Å². The first-order valence-electron chi connectivity index (χ1n) is 7.33. The third-order valence-electron chi connectivity index (χ3n) is 3.67. The Kier molecular flexibility index (Phi) is 4.46. The maximum Gasteiger partial charge on any atom is 0.292 e. The van der Waals surface area contributed by atoms with Crippen molar-refractivity contribution in [2.75, 3.05) is 5.32 Å². The lowest BCUT2D eigenvalue weighted by atomic mass is 10.1. The fourth-order valence-corrected chi connectivity index (χ4v) is 2.72. The molecular formula is C17H24N3O+. The van der Waals surface area contributed by atoms with E-state index >= 15 is 0 Å². The van der Waals surface area contributed by atoms with Gasteiger partial charge in [-0.2, -0.15) is 4.68 Å². The Morgan fingerprint density at radius 1 is 1.19 bits per heavy atom. The molecule has 2 rings (SSSR count). The van der Waals surface area contributed by atoms with Gasteiger partial charge in [0.15, 0.2) is 6.20 Å². The molecular weight excluding hydrogens is 262 g/mol. The van der Waals surface area contributed by atoms with Gasteiger partial charge in [-0.3, -0.25) is 4.79 Å². The highest BCUT2D eigenvalue weighted by Gasteiger charge is 2.19. The Morgan fingerprint density at radius 2 is 1.81 bits per heavy atom. The summed E-state index contributed by atoms with van der Waals surface area (Å²) < 4.78 is 4.09. The SMILES string of the molecule is Cc1cccc(C)c1NC(=O)C[n+]1ccc(C)n1C(C)C. The molecule has 1 heterocycles. The van der Waals surface area contributed by atoms with E-state index in [0.717, 1.165) is 22.5 Å². The number of benzene rings is 1. The average molecular weight is 286 g/mol. The van der Waals surface area contributed by atoms with Crippen LogP contribution >= 0.6 is 0 Å². The van der Waals surface area contributed by atoms with Gasteiger partial charge >= 0.3 is 0 Å². The Balaban J connectivity index is 2.16. The van der Waals surface area contributed by atoms with Gasteiger partial charge in [0.05, 0.1) is 11.7 Å². The largest absolute Gasteiger partial charge is 0.320 e. The summed E-state index contributed by atoms with van der Waals surface area (Å²) in [6, 6.07) is 8.38. The van der Waals surface area contributed by atoms with Crippen LogP contribution in [-0.2, 0) is 11.3 Å². The molecule has 0 saturated carbocycles. The van der Waals surface area contributed by atoms with Crippen LogP contribution in [0.4, 0.5) is 5.69 Å². The van der Waals surface area contributed by atoms with Gasteiger partial charge in [0.2, 0.25) is 6.54 Å². The second kappa shape index (κ2) is 6.12. The first-order valence-corrected chi connectivity index (χ1v) is 7.33. The number of rotatable bonds is 4. The van der Waals surface area contributed by atoms with E-state index in [1.807, 2.05) is 49.0 Å². The van der Waals surface area contributed by atoms with Crippen molar-refractivity contribution in [3.8, 4) is 0 Å². The third-order valence-corrected chi connectivity index (χ3v) is 3.67. The number of aromatic nitrogens is 2. The number of hydrogen-bond acceptors (Lipinski definition) is 1. The average Bonchev–Trinajstić information content (AvgIpc) is 2.75. The van der Waals surface area contributed by atoms with Crippen molar-refractivity contribution in [1.29, 1.82) is 0 Å². The number of amides is 1. The van der Waals surface area contributed by atoms with Crippen LogP contribution in [0.3, 0.4) is 0 Å². The highest BCUT2D eigenvalue weighted by atomic mass is 16.2. The number of carbonyl (C=O) groups is 1. The Bertz CT molecular complexity index is 636. The molecule has 0 aliphatic rings. The lowest BCUT2D eigenvalue weighted by molar-refractivity contribution is -0.766. The number of para-hydroxylation sites is 1. The molecule has 4 nitrogen and oxygen atoms in total. The molecule has 0 spiro atoms. The quantitative estimate of drug-likeness (QED) is 0.862. The zero-order chi connectivity index (χ0) is 15.6. The summed E-state index contributed by atoms with van der Waals surface area (Å²) in [5.74, 6) is -0.00241. The summed E-state index contributed by atoms with van der Waals surface area (Å²) in [4.78, 5) is 12.3. The summed E-state index contributed by atoms with van der Waals surface area (Å²) in [7, 11) is 0. The molecule has 0 bridgehead atoms. The zero-order valence-electron chi connectivity index (χ0n) is 13.5. The van der Waals surface area contributed by atoms with E-state index in [9.17, 15) is 4.79 Å². The monoisotopic (exact) mass is 286 g/mol. The van der Waals surface area contributed by atoms with Crippen LogP contribution in [0.25, 0.3) is 0 Å². The number of carbonyl (C=O) groups excluding carboxylic acids is 1. The summed E-state index contributed by atoms with van der Waals surface area (Å²) in [5, 5.41) is 3.03. The molecule has 0 saturated heterocycles. The van der Waals surface area contributed by atoms with Crippen LogP contribution in [-0.4, -0.2) is 10.6 Å². The molecule has 1 amide bonds. The Hall–Kier alpha value is -2.10. The predicted octanol–water partition coefficient (Wildman–Crippen LogP) is 2.92. The smallest absolute Gasteiger partial charge is 0.292 e. The molecule has 0 fully saturated rings. The van der Waals surface area contributed by atoms with E-state index in [4.69, 9.17) is 0 Å². The molecule has 0 radical (unpaired) electrons. The van der Waals surface area contributed by atoms with Crippen LogP contribution in [0.5, 0.6) is 0 Å². The third kappa shape index (κ3) is 3.32. The topological polar surface area (TPSA) is 37.9 Å². The van der Waals surface area contributed by atoms with Crippen molar-refractivity contribution < 1.29 is 9.48 Å². The minimum Gasteiger partial charge on any atom is -0.320 e. The van der Waals surface area contributed by atoms with Crippen LogP contribution in [0.1, 0.15) is 36.7 Å². The maximum atomic E-state index is 12.3. The molecule has 21 heavy (non-hydrogen) atoms. The summed E-state index contributed by atoms with van der Waals surface area (Å²) in [6.07, 6.45) is 1.96. The zero-order valence-corrected chi connectivity index (χ0v) is 13.5. The van der Waals surface area contributed by atoms with Gasteiger partial charge in [0.1, 0.15) is 0 Å². The highest BCUT2D eigenvalue weighted by molar-refractivity contribution is 5.91. The number of nitrogens with zero attached hydrogens (tertiary/aromatic N) is 2. The molecule has 0 aliphatic carbocycles. The molecule has 0 unspecified atom stereocenters. The summed E-state index contributed by atoms with van der Waals surface area (Å²) in [5.41, 5.74) is 4.25. The fraction of sp³-hybridized carbons (Fsp3) is 0.412. The molecule has 1 aromatic carbocycles. The number of nitrogens with one attached hydrogen (secondary N) is 1. The molecule has 1 N–H and O–H groups in total. The van der Waals surface area contributed by atoms with Crippen LogP contribution < -0.4 is 10.00 Å². The normalized spacial score (nSPS) is 11.0. The van der Waals surface area contributed by atoms with E-state index in [1.165, 1.54) is 0 Å². The van der Waals surface area contributed by atoms with E-state index in [-0.39, 0.29) is 5.91 Å². The van der Waals surface area contributed by atoms with Gasteiger partial charge in [-0.1, -0.05) is 18.2 Å². The first-order chi connectivity index (χ1) is 9.90. The van der Waals surface area contributed by atoms with Crippen molar-refractivity contribution in [2.45, 2.75) is 47.2 Å². The molecule has 0 atom stereocenters. The number of anilines is 1. The predicted molar refractivity (Wildman–Crippen MR) is 84.3 cm³/mol. The molecule has 112 valence electrons. The van der Waals surface area contributed by atoms with Crippen LogP contribution in [0, 0.1) is 20.8 Å². The van der Waals surface area contributed by atoms with Gasteiger partial charge in [-0.05, 0) is 45.7 Å². The molecule has 1 aromatic heterocycles. The fourth-order valence-electron chi connectivity index (χ4n) is 2.72. The highest BCUT2D eigenvalue weighted by Crippen LogP contribution is 2.19. The van der Waals surface area contributed by atoms with Crippen molar-refractivity contribution in [3.63, 3.8) is 0 Å². The van der Waals surface area contributed by atoms with Gasteiger partial charge < -0.3 is 5.32 Å².